The minimum atomic E-state index is -3.51. The molecule has 37 heavy (non-hydrogen) atoms. The van der Waals surface area contributed by atoms with Crippen LogP contribution in [0.1, 0.15) is 137 Å². The summed E-state index contributed by atoms with van der Waals surface area (Å²) >= 11 is 0. The molecule has 0 spiro atoms. The van der Waals surface area contributed by atoms with Gasteiger partial charge in [-0.1, -0.05) is 97.6 Å². The Bertz CT molecular complexity index is 569. The van der Waals surface area contributed by atoms with Gasteiger partial charge in [-0.2, -0.15) is 0 Å². The first-order chi connectivity index (χ1) is 17.2. The van der Waals surface area contributed by atoms with E-state index in [4.69, 9.17) is 0 Å². The summed E-state index contributed by atoms with van der Waals surface area (Å²) in [5, 5.41) is 0. The second-order valence-corrected chi connectivity index (χ2v) is 10.1. The minimum absolute atomic E-state index is 0.117. The quantitative estimate of drug-likeness (QED) is 0.0717. The van der Waals surface area contributed by atoms with Gasteiger partial charge >= 0.3 is 0 Å². The zero-order valence-electron chi connectivity index (χ0n) is 23.2. The van der Waals surface area contributed by atoms with Crippen molar-refractivity contribution in [2.75, 3.05) is 0 Å². The number of hydrogen-bond acceptors (Lipinski definition) is 0. The summed E-state index contributed by atoms with van der Waals surface area (Å²) in [4.78, 5) is 0. The molecular weight excluding hydrogens is 500 g/mol. The maximum Gasteiger partial charge on any atom is 0.275 e. The van der Waals surface area contributed by atoms with Gasteiger partial charge in [0.2, 0.25) is 0 Å². The second-order valence-electron chi connectivity index (χ2n) is 10.1. The van der Waals surface area contributed by atoms with Crippen molar-refractivity contribution in [2.24, 2.45) is 0 Å². The predicted octanol–water partition coefficient (Wildman–Crippen LogP) is 12.1. The largest absolute Gasteiger partial charge is 0.275 e. The van der Waals surface area contributed by atoms with Gasteiger partial charge < -0.3 is 0 Å². The van der Waals surface area contributed by atoms with Crippen molar-refractivity contribution in [3.05, 3.63) is 23.3 Å². The van der Waals surface area contributed by atoms with E-state index in [0.717, 1.165) is 31.4 Å². The molecule has 0 aromatic carbocycles. The average Bonchev–Trinajstić information content (AvgIpc) is 2.76. The molecule has 8 heteroatoms. The molecule has 0 amide bonds. The highest BCUT2D eigenvalue weighted by Crippen LogP contribution is 2.43. The molecule has 0 radical (unpaired) electrons. The first kappa shape index (κ1) is 35.9. The van der Waals surface area contributed by atoms with Gasteiger partial charge in [0.15, 0.2) is 0 Å². The fourth-order valence-electron chi connectivity index (χ4n) is 4.59. The van der Waals surface area contributed by atoms with Crippen molar-refractivity contribution in [3.8, 4) is 0 Å². The summed E-state index contributed by atoms with van der Waals surface area (Å²) in [5.74, 6) is -14.0. The molecule has 0 bridgehead atoms. The molecule has 0 aromatic rings. The van der Waals surface area contributed by atoms with Gasteiger partial charge in [0.1, 0.15) is 0 Å². The maximum absolute atomic E-state index is 14.3. The molecule has 0 aromatic heterocycles. The lowest BCUT2D eigenvalue weighted by Crippen LogP contribution is -2.33. The molecule has 0 rings (SSSR count). The van der Waals surface area contributed by atoms with Gasteiger partial charge in [-0.3, -0.25) is 0 Å². The number of allylic oxidation sites excluding steroid dienone is 4. The molecule has 0 aliphatic carbocycles. The Balaban J connectivity index is 4.59. The summed E-state index contributed by atoms with van der Waals surface area (Å²) in [6.45, 7) is 6.18. The Kier molecular flexibility index (Phi) is 17.0. The van der Waals surface area contributed by atoms with Crippen LogP contribution in [0.25, 0.3) is 0 Å². The normalized spacial score (nSPS) is 13.1. The summed E-state index contributed by atoms with van der Waals surface area (Å²) in [5.41, 5.74) is -2.10. The van der Waals surface area contributed by atoms with E-state index in [0.29, 0.717) is 25.7 Å². The SMILES string of the molecule is CCCC(F)(F)C(=CCCCCCCCCCC=C(C(F)(F)CCC)C(F)(F)CCC)C(F)(F)CCC. The van der Waals surface area contributed by atoms with Crippen LogP contribution in [0.15, 0.2) is 23.3 Å². The van der Waals surface area contributed by atoms with Crippen molar-refractivity contribution < 1.29 is 35.1 Å². The molecule has 0 aliphatic rings. The summed E-state index contributed by atoms with van der Waals surface area (Å²) in [6.07, 6.45) is 5.35. The van der Waals surface area contributed by atoms with Crippen LogP contribution in [-0.4, -0.2) is 23.7 Å². The van der Waals surface area contributed by atoms with E-state index in [1.54, 1.807) is 27.7 Å². The van der Waals surface area contributed by atoms with Crippen molar-refractivity contribution >= 4 is 0 Å². The minimum Gasteiger partial charge on any atom is -0.202 e. The smallest absolute Gasteiger partial charge is 0.202 e. The third kappa shape index (κ3) is 13.5. The Morgan fingerprint density at radius 1 is 0.405 bits per heavy atom. The van der Waals surface area contributed by atoms with Crippen LogP contribution in [0, 0.1) is 0 Å². The second kappa shape index (κ2) is 17.5. The molecule has 0 fully saturated rings. The van der Waals surface area contributed by atoms with Crippen molar-refractivity contribution in [1.29, 1.82) is 0 Å². The van der Waals surface area contributed by atoms with Crippen LogP contribution in [0.2, 0.25) is 0 Å². The van der Waals surface area contributed by atoms with E-state index in [9.17, 15) is 35.1 Å². The number of rotatable bonds is 22. The van der Waals surface area contributed by atoms with Crippen LogP contribution >= 0.6 is 0 Å². The Morgan fingerprint density at radius 2 is 0.622 bits per heavy atom. The van der Waals surface area contributed by atoms with E-state index in [-0.39, 0.29) is 38.5 Å². The number of alkyl halides is 8. The molecule has 0 saturated carbocycles. The Labute approximate surface area is 219 Å². The topological polar surface area (TPSA) is 0 Å². The maximum atomic E-state index is 14.3. The molecule has 220 valence electrons. The highest BCUT2D eigenvalue weighted by atomic mass is 19.3. The third-order valence-corrected chi connectivity index (χ3v) is 6.44. The highest BCUT2D eigenvalue weighted by Gasteiger charge is 2.48. The molecule has 0 atom stereocenters. The summed E-state index contributed by atoms with van der Waals surface area (Å²) < 4.78 is 114. The number of halogens is 8. The number of hydrogen-bond donors (Lipinski definition) is 0. The van der Waals surface area contributed by atoms with Gasteiger partial charge in [-0.15, -0.1) is 0 Å². The van der Waals surface area contributed by atoms with Crippen molar-refractivity contribution in [3.63, 3.8) is 0 Å². The Hall–Kier alpha value is -1.08. The van der Waals surface area contributed by atoms with Gasteiger partial charge in [-0.05, 0) is 25.7 Å². The lowest BCUT2D eigenvalue weighted by Gasteiger charge is -2.27. The first-order valence-electron chi connectivity index (χ1n) is 14.1. The van der Waals surface area contributed by atoms with Crippen LogP contribution in [0.3, 0.4) is 0 Å². The van der Waals surface area contributed by atoms with E-state index in [1.807, 2.05) is 0 Å². The summed E-state index contributed by atoms with van der Waals surface area (Å²) in [7, 11) is 0. The molecule has 0 N–H and O–H groups in total. The Morgan fingerprint density at radius 3 is 0.838 bits per heavy atom. The van der Waals surface area contributed by atoms with E-state index >= 15 is 0 Å². The molecule has 0 heterocycles. The standard InChI is InChI=1S/C29H48F8/c1-5-20-26(30,31)24(27(32,33)21-6-2)18-16-14-12-10-9-11-13-15-17-19-25(28(34,35)22-7-3)29(36,37)23-8-4/h18-19H,5-17,20-23H2,1-4H3. The lowest BCUT2D eigenvalue weighted by atomic mass is 9.93. The van der Waals surface area contributed by atoms with Gasteiger partial charge in [0, 0.05) is 25.7 Å². The average molecular weight is 549 g/mol. The van der Waals surface area contributed by atoms with Gasteiger partial charge in [0.25, 0.3) is 23.7 Å². The fourth-order valence-corrected chi connectivity index (χ4v) is 4.59. The summed E-state index contributed by atoms with van der Waals surface area (Å²) in [6, 6.07) is 0. The fraction of sp³-hybridized carbons (Fsp3) is 0.862. The van der Waals surface area contributed by atoms with E-state index in [1.165, 1.54) is 0 Å². The molecule has 0 nitrogen and oxygen atoms in total. The van der Waals surface area contributed by atoms with Crippen LogP contribution in [0.5, 0.6) is 0 Å². The molecular formula is C29H48F8. The highest BCUT2D eigenvalue weighted by molar-refractivity contribution is 5.22. The van der Waals surface area contributed by atoms with Crippen LogP contribution in [-0.2, 0) is 0 Å². The van der Waals surface area contributed by atoms with Crippen LogP contribution in [0.4, 0.5) is 35.1 Å². The zero-order chi connectivity index (χ0) is 28.6. The molecule has 0 unspecified atom stereocenters. The lowest BCUT2D eigenvalue weighted by molar-refractivity contribution is -0.0533. The van der Waals surface area contributed by atoms with Gasteiger partial charge in [0.05, 0.1) is 11.1 Å². The van der Waals surface area contributed by atoms with E-state index in [2.05, 4.69) is 0 Å². The third-order valence-electron chi connectivity index (χ3n) is 6.44. The van der Waals surface area contributed by atoms with Gasteiger partial charge in [-0.25, -0.2) is 35.1 Å². The van der Waals surface area contributed by atoms with E-state index < -0.39 is 60.5 Å². The van der Waals surface area contributed by atoms with Crippen molar-refractivity contribution in [1.82, 2.24) is 0 Å². The number of unbranched alkanes of at least 4 members (excludes halogenated alkanes) is 8. The predicted molar refractivity (Wildman–Crippen MR) is 137 cm³/mol. The zero-order valence-corrected chi connectivity index (χ0v) is 23.2. The van der Waals surface area contributed by atoms with Crippen LogP contribution < -0.4 is 0 Å². The molecule has 0 aliphatic heterocycles. The first-order valence-corrected chi connectivity index (χ1v) is 14.1. The molecule has 0 saturated heterocycles. The van der Waals surface area contributed by atoms with Crippen molar-refractivity contribution in [2.45, 2.75) is 161 Å². The monoisotopic (exact) mass is 548 g/mol.